The van der Waals surface area contributed by atoms with Crippen molar-refractivity contribution in [2.45, 2.75) is 20.3 Å². The van der Waals surface area contributed by atoms with Gasteiger partial charge in [-0.1, -0.05) is 13.8 Å². The monoisotopic (exact) mass is 387 g/mol. The molecule has 0 saturated heterocycles. The van der Waals surface area contributed by atoms with Gasteiger partial charge in [0.25, 0.3) is 5.91 Å². The van der Waals surface area contributed by atoms with Crippen molar-refractivity contribution < 1.29 is 23.8 Å². The van der Waals surface area contributed by atoms with Gasteiger partial charge in [0.15, 0.2) is 6.61 Å². The van der Waals surface area contributed by atoms with E-state index in [1.165, 1.54) is 26.4 Å². The molecule has 7 heteroatoms. The molecule has 0 aliphatic carbocycles. The number of ether oxygens (including phenoxy) is 3. The topological polar surface area (TPSA) is 73.9 Å². The Morgan fingerprint density at radius 3 is 2.22 bits per heavy atom. The molecule has 1 aromatic carbocycles. The Kier molecular flexibility index (Phi) is 7.88. The van der Waals surface area contributed by atoms with Gasteiger partial charge in [0.1, 0.15) is 16.0 Å². The van der Waals surface area contributed by atoms with Crippen LogP contribution in [0.4, 0.5) is 0 Å². The van der Waals surface area contributed by atoms with Gasteiger partial charge in [0, 0.05) is 6.54 Å². The highest BCUT2D eigenvalue weighted by molar-refractivity contribution is 9.10. The Morgan fingerprint density at radius 1 is 1.17 bits per heavy atom. The molecule has 0 aromatic heterocycles. The molecule has 1 rings (SSSR count). The van der Waals surface area contributed by atoms with Crippen LogP contribution in [0.5, 0.6) is 11.5 Å². The van der Waals surface area contributed by atoms with Crippen molar-refractivity contribution >= 4 is 27.8 Å². The number of benzene rings is 1. The predicted octanol–water partition coefficient (Wildman–Crippen LogP) is 2.79. The molecule has 0 aliphatic rings. The molecule has 0 heterocycles. The second-order valence-corrected chi connectivity index (χ2v) is 6.10. The summed E-state index contributed by atoms with van der Waals surface area (Å²) >= 11 is 3.32. The number of rotatable bonds is 8. The first-order chi connectivity index (χ1) is 10.9. The summed E-state index contributed by atoms with van der Waals surface area (Å²) in [5, 5.41) is 2.70. The maximum atomic E-state index is 12.1. The number of halogens is 1. The van der Waals surface area contributed by atoms with E-state index in [-0.39, 0.29) is 18.1 Å². The van der Waals surface area contributed by atoms with Crippen LogP contribution in [0.25, 0.3) is 0 Å². The van der Waals surface area contributed by atoms with Crippen molar-refractivity contribution in [3.05, 3.63) is 22.2 Å². The van der Waals surface area contributed by atoms with Gasteiger partial charge in [-0.2, -0.15) is 0 Å². The van der Waals surface area contributed by atoms with Crippen LogP contribution in [-0.2, 0) is 9.53 Å². The zero-order valence-corrected chi connectivity index (χ0v) is 15.4. The highest BCUT2D eigenvalue weighted by atomic mass is 79.9. The zero-order valence-electron chi connectivity index (χ0n) is 13.8. The smallest absolute Gasteiger partial charge is 0.338 e. The van der Waals surface area contributed by atoms with E-state index in [9.17, 15) is 9.59 Å². The maximum absolute atomic E-state index is 12.1. The molecule has 0 radical (unpaired) electrons. The minimum atomic E-state index is -0.617. The first-order valence-electron chi connectivity index (χ1n) is 7.24. The third-order valence-corrected chi connectivity index (χ3v) is 3.84. The van der Waals surface area contributed by atoms with Crippen molar-refractivity contribution in [1.82, 2.24) is 5.32 Å². The number of nitrogens with one attached hydrogen (secondary N) is 1. The lowest BCUT2D eigenvalue weighted by atomic mass is 10.1. The Morgan fingerprint density at radius 2 is 1.74 bits per heavy atom. The largest absolute Gasteiger partial charge is 0.495 e. The number of hydrogen-bond acceptors (Lipinski definition) is 5. The van der Waals surface area contributed by atoms with Gasteiger partial charge in [0.2, 0.25) is 0 Å². The average Bonchev–Trinajstić information content (AvgIpc) is 2.52. The fourth-order valence-electron chi connectivity index (χ4n) is 1.75. The molecule has 0 fully saturated rings. The van der Waals surface area contributed by atoms with E-state index in [4.69, 9.17) is 14.2 Å². The number of methoxy groups -OCH3 is 2. The lowest BCUT2D eigenvalue weighted by Crippen LogP contribution is -2.30. The van der Waals surface area contributed by atoms with Gasteiger partial charge in [0.05, 0.1) is 19.8 Å². The summed E-state index contributed by atoms with van der Waals surface area (Å²) in [6, 6.07) is 3.04. The van der Waals surface area contributed by atoms with Gasteiger partial charge in [-0.3, -0.25) is 4.79 Å². The van der Waals surface area contributed by atoms with Gasteiger partial charge in [-0.05, 0) is 40.4 Å². The summed E-state index contributed by atoms with van der Waals surface area (Å²) in [6.45, 7) is 4.38. The molecular formula is C16H22BrNO5. The molecule has 0 aliphatic heterocycles. The number of carbonyl (C=O) groups is 2. The third kappa shape index (κ3) is 6.09. The summed E-state index contributed by atoms with van der Waals surface area (Å²) < 4.78 is 15.9. The quantitative estimate of drug-likeness (QED) is 0.694. The molecule has 0 bridgehead atoms. The van der Waals surface area contributed by atoms with Gasteiger partial charge in [-0.15, -0.1) is 0 Å². The Labute approximate surface area is 144 Å². The summed E-state index contributed by atoms with van der Waals surface area (Å²) in [5.74, 6) is 0.444. The molecule has 0 spiro atoms. The fraction of sp³-hybridized carbons (Fsp3) is 0.500. The SMILES string of the molecule is COc1cc(C(=O)OCC(=O)NCCC(C)C)cc(OC)c1Br. The number of hydrogen-bond donors (Lipinski definition) is 1. The highest BCUT2D eigenvalue weighted by Crippen LogP contribution is 2.35. The van der Waals surface area contributed by atoms with Crippen LogP contribution < -0.4 is 14.8 Å². The average molecular weight is 388 g/mol. The van der Waals surface area contributed by atoms with E-state index in [1.54, 1.807) is 0 Å². The minimum absolute atomic E-state index is 0.247. The van der Waals surface area contributed by atoms with Crippen LogP contribution in [0, 0.1) is 5.92 Å². The molecule has 1 N–H and O–H groups in total. The van der Waals surface area contributed by atoms with Gasteiger partial charge >= 0.3 is 5.97 Å². The van der Waals surface area contributed by atoms with E-state index in [2.05, 4.69) is 35.1 Å². The molecule has 23 heavy (non-hydrogen) atoms. The predicted molar refractivity (Wildman–Crippen MR) is 90.0 cm³/mol. The van der Waals surface area contributed by atoms with Crippen LogP contribution in [-0.4, -0.2) is 39.2 Å². The minimum Gasteiger partial charge on any atom is -0.495 e. The summed E-state index contributed by atoms with van der Waals surface area (Å²) in [7, 11) is 2.97. The summed E-state index contributed by atoms with van der Waals surface area (Å²) in [5.41, 5.74) is 0.247. The van der Waals surface area contributed by atoms with E-state index in [0.717, 1.165) is 6.42 Å². The Bertz CT molecular complexity index is 534. The standard InChI is InChI=1S/C16H22BrNO5/c1-10(2)5-6-18-14(19)9-23-16(20)11-7-12(21-3)15(17)13(8-11)22-4/h7-8,10H,5-6,9H2,1-4H3,(H,18,19). The third-order valence-electron chi connectivity index (χ3n) is 3.06. The van der Waals surface area contributed by atoms with Crippen molar-refractivity contribution in [3.63, 3.8) is 0 Å². The first kappa shape index (κ1) is 19.3. The van der Waals surface area contributed by atoms with Crippen molar-refractivity contribution in [3.8, 4) is 11.5 Å². The van der Waals surface area contributed by atoms with Crippen molar-refractivity contribution in [1.29, 1.82) is 0 Å². The van der Waals surface area contributed by atoms with Crippen LogP contribution >= 0.6 is 15.9 Å². The van der Waals surface area contributed by atoms with Crippen molar-refractivity contribution in [2.75, 3.05) is 27.4 Å². The molecule has 128 valence electrons. The lowest BCUT2D eigenvalue weighted by Gasteiger charge is -2.11. The molecule has 6 nitrogen and oxygen atoms in total. The summed E-state index contributed by atoms with van der Waals surface area (Å²) in [4.78, 5) is 23.7. The highest BCUT2D eigenvalue weighted by Gasteiger charge is 2.16. The Balaban J connectivity index is 2.63. The van der Waals surface area contributed by atoms with Crippen LogP contribution in [0.2, 0.25) is 0 Å². The van der Waals surface area contributed by atoms with Gasteiger partial charge in [-0.25, -0.2) is 4.79 Å². The first-order valence-corrected chi connectivity index (χ1v) is 8.03. The molecular weight excluding hydrogens is 366 g/mol. The van der Waals surface area contributed by atoms with Crippen LogP contribution in [0.1, 0.15) is 30.6 Å². The molecule has 0 saturated carbocycles. The fourth-order valence-corrected chi connectivity index (χ4v) is 2.31. The number of esters is 1. The normalized spacial score (nSPS) is 10.3. The summed E-state index contributed by atoms with van der Waals surface area (Å²) in [6.07, 6.45) is 0.876. The lowest BCUT2D eigenvalue weighted by molar-refractivity contribution is -0.124. The Hall–Kier alpha value is -1.76. The number of amides is 1. The van der Waals surface area contributed by atoms with E-state index >= 15 is 0 Å². The van der Waals surface area contributed by atoms with E-state index in [0.29, 0.717) is 28.4 Å². The second-order valence-electron chi connectivity index (χ2n) is 5.30. The van der Waals surface area contributed by atoms with Crippen molar-refractivity contribution in [2.24, 2.45) is 5.92 Å². The second kappa shape index (κ2) is 9.39. The van der Waals surface area contributed by atoms with Crippen LogP contribution in [0.3, 0.4) is 0 Å². The number of carbonyl (C=O) groups excluding carboxylic acids is 2. The van der Waals surface area contributed by atoms with E-state index < -0.39 is 5.97 Å². The molecule has 0 atom stereocenters. The molecule has 1 amide bonds. The van der Waals surface area contributed by atoms with Gasteiger partial charge < -0.3 is 19.5 Å². The van der Waals surface area contributed by atoms with E-state index in [1.807, 2.05) is 0 Å². The molecule has 0 unspecified atom stereocenters. The zero-order chi connectivity index (χ0) is 17.4. The van der Waals surface area contributed by atoms with Crippen LogP contribution in [0.15, 0.2) is 16.6 Å². The maximum Gasteiger partial charge on any atom is 0.338 e. The molecule has 1 aromatic rings.